The average Bonchev–Trinajstić information content (AvgIpc) is 1.94. The van der Waals surface area contributed by atoms with Gasteiger partial charge in [-0.05, 0) is 0 Å². The molecule has 0 rings (SSSR count). The molecule has 0 aromatic heterocycles. The number of hydrogen-bond donors (Lipinski definition) is 0. The van der Waals surface area contributed by atoms with Gasteiger partial charge in [0.2, 0.25) is 0 Å². The number of hydrogen-bond acceptors (Lipinski definition) is 15. The smallest absolute Gasteiger partial charge is 0.356 e. The topological polar surface area (TPSA) is 331 Å². The summed E-state index contributed by atoms with van der Waals surface area (Å²) in [4.78, 5) is 41.2. The van der Waals surface area contributed by atoms with Crippen LogP contribution >= 0.6 is 0 Å². The minimum atomic E-state index is -1.75. The first-order valence-corrected chi connectivity index (χ1v) is 2.74. The van der Waals surface area contributed by atoms with Gasteiger partial charge in [-0.3, -0.25) is 0 Å². The second kappa shape index (κ2) is 36.3. The van der Waals surface area contributed by atoms with Crippen molar-refractivity contribution in [2.24, 2.45) is 0 Å². The molecule has 22 heavy (non-hydrogen) atoms. The summed E-state index contributed by atoms with van der Waals surface area (Å²) in [5, 5.41) is 73.8. The Morgan fingerprint density at radius 1 is 0.364 bits per heavy atom. The van der Waals surface area contributed by atoms with Crippen molar-refractivity contribution in [2.75, 3.05) is 0 Å². The van der Waals surface area contributed by atoms with Gasteiger partial charge in [0.25, 0.3) is 0 Å². The Bertz CT molecular complexity index is 213. The molecule has 0 heterocycles. The van der Waals surface area contributed by atoms with Crippen molar-refractivity contribution < 1.29 is 47.8 Å². The van der Waals surface area contributed by atoms with Crippen LogP contribution in [0.2, 0.25) is 0 Å². The maximum Gasteiger partial charge on any atom is 4.00 e. The van der Waals surface area contributed by atoms with Crippen molar-refractivity contribution in [2.45, 2.75) is 0 Å². The molecular weight excluding hydrogens is 537 g/mol. The summed E-state index contributed by atoms with van der Waals surface area (Å²) in [6.07, 6.45) is 0. The van der Waals surface area contributed by atoms with Gasteiger partial charge >= 0.3 is 46.3 Å². The fourth-order valence-corrected chi connectivity index (χ4v) is 0. The Balaban J connectivity index is -0.0000000250. The van der Waals surface area contributed by atoms with Gasteiger partial charge in [-0.2, -0.15) is 0 Å². The van der Waals surface area contributed by atoms with Crippen LogP contribution in [-0.4, -0.2) is 49.3 Å². The predicted octanol–water partition coefficient (Wildman–Crippen LogP) is -1.58. The van der Waals surface area contributed by atoms with Crippen LogP contribution in [0.25, 0.3) is 0 Å². The van der Waals surface area contributed by atoms with Crippen LogP contribution in [0.5, 0.6) is 0 Å². The minimum Gasteiger partial charge on any atom is -0.356 e. The van der Waals surface area contributed by atoms with Gasteiger partial charge in [0.1, 0.15) is 0 Å². The van der Waals surface area contributed by atoms with Crippen molar-refractivity contribution in [3.63, 3.8) is 0 Å². The molecule has 0 amide bonds. The largest absolute Gasteiger partial charge is 4.00 e. The van der Waals surface area contributed by atoms with E-state index in [0.29, 0.717) is 0 Å². The van der Waals surface area contributed by atoms with Crippen LogP contribution < -0.4 is 0 Å². The zero-order valence-electron chi connectivity index (χ0n) is 9.16. The second-order valence-corrected chi connectivity index (χ2v) is 1.12. The average molecular weight is 537 g/mol. The molecule has 0 N–H and O–H groups in total. The summed E-state index contributed by atoms with van der Waals surface area (Å²) in [5.41, 5.74) is 0. The molecule has 20 nitrogen and oxygen atoms in total. The van der Waals surface area contributed by atoms with Crippen LogP contribution in [-0.2, 0) is 22.4 Å². The van der Waals surface area contributed by atoms with E-state index < -0.39 is 25.4 Å². The van der Waals surface area contributed by atoms with E-state index in [0.717, 1.165) is 0 Å². The third-order valence-electron chi connectivity index (χ3n) is 0. The van der Waals surface area contributed by atoms with Crippen LogP contribution in [0, 0.1) is 76.6 Å². The maximum absolute atomic E-state index is 8.25. The standard InChI is InChI=1S/Ag.5NO3.Sn/c;5*2-1(3)4;/q+1;5*-1;+4. The zero-order valence-corrected chi connectivity index (χ0v) is 13.5. The predicted molar refractivity (Wildman–Crippen MR) is 57.6 cm³/mol. The molecule has 0 aliphatic carbocycles. The molecule has 0 bridgehead atoms. The van der Waals surface area contributed by atoms with Crippen molar-refractivity contribution in [1.29, 1.82) is 0 Å². The Kier molecular flexibility index (Phi) is 70.4. The third-order valence-corrected chi connectivity index (χ3v) is 0. The summed E-state index contributed by atoms with van der Waals surface area (Å²) in [5.74, 6) is 0. The Labute approximate surface area is 148 Å². The van der Waals surface area contributed by atoms with E-state index >= 15 is 0 Å². The Morgan fingerprint density at radius 3 is 0.364 bits per heavy atom. The molecule has 0 unspecified atom stereocenters. The minimum absolute atomic E-state index is 0. The summed E-state index contributed by atoms with van der Waals surface area (Å²) < 4.78 is 0. The molecule has 0 saturated carbocycles. The monoisotopic (exact) mass is 537 g/mol. The van der Waals surface area contributed by atoms with E-state index in [1.807, 2.05) is 0 Å². The SMILES string of the molecule is O=[N+]([O-])[O-].O=[N+]([O-])[O-].O=[N+]([O-])[O-].O=[N+]([O-])[O-].O=[N+]([O-])[O-].[Ag+].[Sn+4]. The first kappa shape index (κ1) is 42.7. The van der Waals surface area contributed by atoms with Crippen molar-refractivity contribution >= 4 is 23.9 Å². The van der Waals surface area contributed by atoms with Crippen LogP contribution in [0.4, 0.5) is 0 Å². The molecular formula is AgN5O15Sn. The summed E-state index contributed by atoms with van der Waals surface area (Å²) >= 11 is 0. The molecule has 22 heteroatoms. The van der Waals surface area contributed by atoms with Crippen LogP contribution in [0.15, 0.2) is 0 Å². The molecule has 0 fully saturated rings. The van der Waals surface area contributed by atoms with Gasteiger partial charge in [-0.1, -0.05) is 0 Å². The quantitative estimate of drug-likeness (QED) is 0.191. The molecule has 0 saturated heterocycles. The van der Waals surface area contributed by atoms with E-state index in [-0.39, 0.29) is 46.3 Å². The van der Waals surface area contributed by atoms with E-state index in [4.69, 9.17) is 76.6 Å². The molecule has 0 atom stereocenters. The van der Waals surface area contributed by atoms with Gasteiger partial charge in [-0.15, -0.1) is 0 Å². The van der Waals surface area contributed by atoms with Gasteiger partial charge in [0.15, 0.2) is 0 Å². The summed E-state index contributed by atoms with van der Waals surface area (Å²) in [6.45, 7) is 0. The van der Waals surface area contributed by atoms with E-state index in [2.05, 4.69) is 0 Å². The first-order valence-electron chi connectivity index (χ1n) is 2.74. The fourth-order valence-electron chi connectivity index (χ4n) is 0. The van der Waals surface area contributed by atoms with Crippen molar-refractivity contribution in [3.8, 4) is 0 Å². The van der Waals surface area contributed by atoms with Crippen LogP contribution in [0.3, 0.4) is 0 Å². The maximum atomic E-state index is 8.25. The Hall–Kier alpha value is -2.46. The zero-order chi connectivity index (χ0) is 17.9. The Morgan fingerprint density at radius 2 is 0.364 bits per heavy atom. The summed E-state index contributed by atoms with van der Waals surface area (Å²) in [7, 11) is 0. The van der Waals surface area contributed by atoms with Gasteiger partial charge in [0.05, 0.1) is 25.4 Å². The van der Waals surface area contributed by atoms with Crippen molar-refractivity contribution in [1.82, 2.24) is 0 Å². The van der Waals surface area contributed by atoms with Gasteiger partial charge in [-0.25, -0.2) is 0 Å². The van der Waals surface area contributed by atoms with Gasteiger partial charge in [0, 0.05) is 0 Å². The molecule has 0 aromatic carbocycles. The summed E-state index contributed by atoms with van der Waals surface area (Å²) in [6, 6.07) is 0. The van der Waals surface area contributed by atoms with E-state index in [1.54, 1.807) is 0 Å². The third kappa shape index (κ3) is 792. The molecule has 0 radical (unpaired) electrons. The van der Waals surface area contributed by atoms with Crippen molar-refractivity contribution in [3.05, 3.63) is 76.6 Å². The molecule has 130 valence electrons. The van der Waals surface area contributed by atoms with E-state index in [1.165, 1.54) is 0 Å². The van der Waals surface area contributed by atoms with E-state index in [9.17, 15) is 0 Å². The molecule has 0 aromatic rings. The normalized spacial score (nSPS) is 5.45. The van der Waals surface area contributed by atoms with Gasteiger partial charge < -0.3 is 76.6 Å². The molecule has 0 aliphatic rings. The number of nitrogens with zero attached hydrogens (tertiary/aromatic N) is 5. The molecule has 0 aliphatic heterocycles. The first-order chi connectivity index (χ1) is 8.66. The fraction of sp³-hybridized carbons (Fsp3) is 0. The molecule has 0 spiro atoms. The van der Waals surface area contributed by atoms with Crippen LogP contribution in [0.1, 0.15) is 0 Å². The number of rotatable bonds is 0. The second-order valence-electron chi connectivity index (χ2n) is 1.12.